The van der Waals surface area contributed by atoms with Crippen molar-refractivity contribution in [2.75, 3.05) is 5.32 Å². The molecule has 1 aromatic heterocycles. The largest absolute Gasteiger partial charge is 0.378 e. The van der Waals surface area contributed by atoms with Gasteiger partial charge < -0.3 is 9.88 Å². The van der Waals surface area contributed by atoms with Crippen LogP contribution in [0.15, 0.2) is 36.7 Å². The van der Waals surface area contributed by atoms with Gasteiger partial charge in [0.1, 0.15) is 5.82 Å². The summed E-state index contributed by atoms with van der Waals surface area (Å²) in [5.41, 5.74) is 2.58. The molecule has 2 rings (SSSR count). The van der Waals surface area contributed by atoms with E-state index in [1.165, 1.54) is 24.8 Å². The van der Waals surface area contributed by atoms with Crippen LogP contribution in [0.4, 0.5) is 5.69 Å². The van der Waals surface area contributed by atoms with Gasteiger partial charge in [-0.15, -0.1) is 0 Å². The van der Waals surface area contributed by atoms with Gasteiger partial charge >= 0.3 is 0 Å². The van der Waals surface area contributed by atoms with Gasteiger partial charge in [0, 0.05) is 24.6 Å². The first-order chi connectivity index (χ1) is 9.33. The van der Waals surface area contributed by atoms with E-state index >= 15 is 0 Å². The lowest BCUT2D eigenvalue weighted by Crippen LogP contribution is -2.07. The zero-order chi connectivity index (χ0) is 13.5. The Morgan fingerprint density at radius 2 is 1.95 bits per heavy atom. The van der Waals surface area contributed by atoms with Crippen LogP contribution in [-0.4, -0.2) is 9.55 Å². The molecule has 3 nitrogen and oxygen atoms in total. The molecule has 1 heterocycles. The molecule has 0 saturated heterocycles. The average Bonchev–Trinajstić information content (AvgIpc) is 2.91. The van der Waals surface area contributed by atoms with Crippen LogP contribution in [0, 0.1) is 0 Å². The van der Waals surface area contributed by atoms with Crippen LogP contribution in [0.5, 0.6) is 0 Å². The predicted octanol–water partition coefficient (Wildman–Crippen LogP) is 3.86. The summed E-state index contributed by atoms with van der Waals surface area (Å²) in [6.45, 7) is 6.10. The molecule has 0 amide bonds. The summed E-state index contributed by atoms with van der Waals surface area (Å²) in [6.07, 6.45) is 7.57. The van der Waals surface area contributed by atoms with Crippen molar-refractivity contribution in [1.29, 1.82) is 0 Å². The monoisotopic (exact) mass is 257 g/mol. The minimum Gasteiger partial charge on any atom is -0.378 e. The van der Waals surface area contributed by atoms with Crippen LogP contribution >= 0.6 is 0 Å². The highest BCUT2D eigenvalue weighted by atomic mass is 15.1. The summed E-state index contributed by atoms with van der Waals surface area (Å²) in [7, 11) is 0. The van der Waals surface area contributed by atoms with Crippen LogP contribution in [0.3, 0.4) is 0 Å². The number of imidazole rings is 1. The molecule has 0 unspecified atom stereocenters. The molecule has 2 aromatic rings. The highest BCUT2D eigenvalue weighted by Crippen LogP contribution is 2.12. The number of aromatic nitrogens is 2. The van der Waals surface area contributed by atoms with Gasteiger partial charge in [-0.1, -0.05) is 25.5 Å². The van der Waals surface area contributed by atoms with Crippen LogP contribution in [0.25, 0.3) is 0 Å². The Bertz CT molecular complexity index is 485. The van der Waals surface area contributed by atoms with Crippen molar-refractivity contribution in [1.82, 2.24) is 9.55 Å². The average molecular weight is 257 g/mol. The normalized spacial score (nSPS) is 10.6. The molecule has 3 heteroatoms. The minimum absolute atomic E-state index is 0.773. The zero-order valence-electron chi connectivity index (χ0n) is 11.9. The lowest BCUT2D eigenvalue weighted by molar-refractivity contribution is 0.708. The van der Waals surface area contributed by atoms with E-state index in [0.29, 0.717) is 0 Å². The van der Waals surface area contributed by atoms with Crippen molar-refractivity contribution in [3.8, 4) is 0 Å². The van der Waals surface area contributed by atoms with Gasteiger partial charge in [0.25, 0.3) is 0 Å². The Kier molecular flexibility index (Phi) is 5.01. The fourth-order valence-corrected chi connectivity index (χ4v) is 2.15. The number of anilines is 1. The van der Waals surface area contributed by atoms with Gasteiger partial charge in [0.05, 0.1) is 6.54 Å². The van der Waals surface area contributed by atoms with Gasteiger partial charge in [-0.3, -0.25) is 0 Å². The first-order valence-electron chi connectivity index (χ1n) is 7.16. The van der Waals surface area contributed by atoms with Crippen molar-refractivity contribution in [2.45, 2.75) is 46.2 Å². The Hall–Kier alpha value is -1.77. The maximum Gasteiger partial charge on any atom is 0.128 e. The quantitative estimate of drug-likeness (QED) is 0.816. The Morgan fingerprint density at radius 1 is 1.16 bits per heavy atom. The second kappa shape index (κ2) is 6.98. The van der Waals surface area contributed by atoms with Crippen LogP contribution < -0.4 is 5.32 Å². The molecule has 1 aromatic carbocycles. The molecule has 0 atom stereocenters. The van der Waals surface area contributed by atoms with Crippen molar-refractivity contribution in [3.63, 3.8) is 0 Å². The van der Waals surface area contributed by atoms with Crippen LogP contribution in [0.2, 0.25) is 0 Å². The summed E-state index contributed by atoms with van der Waals surface area (Å²) in [4.78, 5) is 4.36. The standard InChI is InChI=1S/C16H23N3/c1-3-5-6-14-7-9-15(10-8-14)18-13-16-17-11-12-19(16)4-2/h7-12,18H,3-6,13H2,1-2H3. The van der Waals surface area contributed by atoms with Gasteiger partial charge in [-0.05, 0) is 37.5 Å². The van der Waals surface area contributed by atoms with E-state index in [1.807, 2.05) is 12.4 Å². The molecule has 0 fully saturated rings. The molecule has 0 radical (unpaired) electrons. The number of nitrogens with zero attached hydrogens (tertiary/aromatic N) is 2. The SMILES string of the molecule is CCCCc1ccc(NCc2nccn2CC)cc1. The number of hydrogen-bond donors (Lipinski definition) is 1. The number of aryl methyl sites for hydroxylation is 2. The molecular formula is C16H23N3. The lowest BCUT2D eigenvalue weighted by Gasteiger charge is -2.08. The molecule has 1 N–H and O–H groups in total. The Morgan fingerprint density at radius 3 is 2.63 bits per heavy atom. The Balaban J connectivity index is 1.89. The molecule has 19 heavy (non-hydrogen) atoms. The number of benzene rings is 1. The maximum absolute atomic E-state index is 4.36. The fraction of sp³-hybridized carbons (Fsp3) is 0.438. The van der Waals surface area contributed by atoms with Crippen molar-refractivity contribution < 1.29 is 0 Å². The van der Waals surface area contributed by atoms with Gasteiger partial charge in [-0.25, -0.2) is 4.98 Å². The lowest BCUT2D eigenvalue weighted by atomic mass is 10.1. The number of nitrogens with one attached hydrogen (secondary N) is 1. The van der Waals surface area contributed by atoms with Crippen LogP contribution in [-0.2, 0) is 19.5 Å². The third-order valence-electron chi connectivity index (χ3n) is 3.37. The molecule has 0 bridgehead atoms. The minimum atomic E-state index is 0.773. The van der Waals surface area contributed by atoms with Crippen LogP contribution in [0.1, 0.15) is 38.1 Å². The number of unbranched alkanes of at least 4 members (excludes halogenated alkanes) is 1. The van der Waals surface area contributed by atoms with Gasteiger partial charge in [0.15, 0.2) is 0 Å². The summed E-state index contributed by atoms with van der Waals surface area (Å²) in [6, 6.07) is 8.74. The fourth-order valence-electron chi connectivity index (χ4n) is 2.15. The predicted molar refractivity (Wildman–Crippen MR) is 80.3 cm³/mol. The molecule has 0 aliphatic carbocycles. The summed E-state index contributed by atoms with van der Waals surface area (Å²) in [5.74, 6) is 1.08. The zero-order valence-corrected chi connectivity index (χ0v) is 11.9. The number of rotatable bonds is 7. The topological polar surface area (TPSA) is 29.9 Å². The van der Waals surface area contributed by atoms with Crippen molar-refractivity contribution >= 4 is 5.69 Å². The van der Waals surface area contributed by atoms with Crippen molar-refractivity contribution in [2.24, 2.45) is 0 Å². The van der Waals surface area contributed by atoms with Gasteiger partial charge in [0.2, 0.25) is 0 Å². The van der Waals surface area contributed by atoms with E-state index in [0.717, 1.165) is 24.6 Å². The van der Waals surface area contributed by atoms with E-state index in [9.17, 15) is 0 Å². The highest BCUT2D eigenvalue weighted by molar-refractivity contribution is 5.44. The van der Waals surface area contributed by atoms with E-state index in [4.69, 9.17) is 0 Å². The van der Waals surface area contributed by atoms with E-state index in [2.05, 4.69) is 53.0 Å². The second-order valence-corrected chi connectivity index (χ2v) is 4.78. The Labute approximate surface area is 115 Å². The summed E-state index contributed by atoms with van der Waals surface area (Å²) in [5, 5.41) is 3.42. The second-order valence-electron chi connectivity index (χ2n) is 4.78. The molecule has 0 saturated carbocycles. The van der Waals surface area contributed by atoms with E-state index < -0.39 is 0 Å². The first kappa shape index (κ1) is 13.7. The molecular weight excluding hydrogens is 234 g/mol. The molecule has 102 valence electrons. The molecule has 0 spiro atoms. The summed E-state index contributed by atoms with van der Waals surface area (Å²) < 4.78 is 2.16. The first-order valence-corrected chi connectivity index (χ1v) is 7.16. The third kappa shape index (κ3) is 3.85. The summed E-state index contributed by atoms with van der Waals surface area (Å²) >= 11 is 0. The third-order valence-corrected chi connectivity index (χ3v) is 3.37. The smallest absolute Gasteiger partial charge is 0.128 e. The van der Waals surface area contributed by atoms with Crippen molar-refractivity contribution in [3.05, 3.63) is 48.0 Å². The van der Waals surface area contributed by atoms with E-state index in [-0.39, 0.29) is 0 Å². The molecule has 0 aliphatic heterocycles. The van der Waals surface area contributed by atoms with Gasteiger partial charge in [-0.2, -0.15) is 0 Å². The van der Waals surface area contributed by atoms with E-state index in [1.54, 1.807) is 0 Å². The number of hydrogen-bond acceptors (Lipinski definition) is 2. The maximum atomic E-state index is 4.36. The highest BCUT2D eigenvalue weighted by Gasteiger charge is 2.00. The molecule has 0 aliphatic rings.